The number of hydrogen-bond donors (Lipinski definition) is 1. The third kappa shape index (κ3) is 6.33. The molecule has 126 valence electrons. The van der Waals surface area contributed by atoms with Crippen molar-refractivity contribution in [3.05, 3.63) is 34.4 Å². The van der Waals surface area contributed by atoms with E-state index in [2.05, 4.69) is 5.32 Å². The van der Waals surface area contributed by atoms with Crippen molar-refractivity contribution in [2.45, 2.75) is 26.8 Å². The highest BCUT2D eigenvalue weighted by molar-refractivity contribution is 5.85. The fourth-order valence-electron chi connectivity index (χ4n) is 1.82. The van der Waals surface area contributed by atoms with Crippen molar-refractivity contribution in [3.8, 4) is 5.75 Å². The van der Waals surface area contributed by atoms with Gasteiger partial charge in [-0.2, -0.15) is 0 Å². The lowest BCUT2D eigenvalue weighted by molar-refractivity contribution is -0.384. The van der Waals surface area contributed by atoms with E-state index < -0.39 is 4.92 Å². The molecule has 0 saturated carbocycles. The number of ether oxygens (including phenoxy) is 1. The van der Waals surface area contributed by atoms with Crippen LogP contribution in [0.15, 0.2) is 24.3 Å². The van der Waals surface area contributed by atoms with Gasteiger partial charge in [-0.15, -0.1) is 0 Å². The molecule has 0 spiro atoms. The van der Waals surface area contributed by atoms with Crippen molar-refractivity contribution in [1.29, 1.82) is 0 Å². The lowest BCUT2D eigenvalue weighted by Gasteiger charge is -2.21. The van der Waals surface area contributed by atoms with E-state index in [-0.39, 0.29) is 36.7 Å². The first kappa shape index (κ1) is 18.4. The first-order chi connectivity index (χ1) is 10.8. The van der Waals surface area contributed by atoms with Crippen LogP contribution < -0.4 is 10.1 Å². The number of nitrogens with one attached hydrogen (secondary N) is 1. The summed E-state index contributed by atoms with van der Waals surface area (Å²) < 4.78 is 5.30. The number of nitrogens with zero attached hydrogens (tertiary/aromatic N) is 2. The van der Waals surface area contributed by atoms with Crippen LogP contribution in [-0.2, 0) is 9.59 Å². The zero-order valence-electron chi connectivity index (χ0n) is 13.4. The van der Waals surface area contributed by atoms with Crippen LogP contribution in [-0.4, -0.2) is 47.4 Å². The molecule has 0 bridgehead atoms. The Labute approximate surface area is 134 Å². The fraction of sp³-hybridized carbons (Fsp3) is 0.467. The Bertz CT molecular complexity index is 557. The van der Waals surface area contributed by atoms with Crippen LogP contribution in [0.25, 0.3) is 0 Å². The predicted octanol–water partition coefficient (Wildman–Crippen LogP) is 1.35. The lowest BCUT2D eigenvalue weighted by atomic mass is 10.3. The van der Waals surface area contributed by atoms with Crippen molar-refractivity contribution in [2.24, 2.45) is 0 Å². The number of amides is 2. The van der Waals surface area contributed by atoms with Gasteiger partial charge in [-0.1, -0.05) is 0 Å². The van der Waals surface area contributed by atoms with Gasteiger partial charge in [0.15, 0.2) is 6.61 Å². The summed E-state index contributed by atoms with van der Waals surface area (Å²) in [6.45, 7) is 5.57. The van der Waals surface area contributed by atoms with Crippen molar-refractivity contribution in [3.63, 3.8) is 0 Å². The molecule has 0 aliphatic rings. The third-order valence-electron chi connectivity index (χ3n) is 2.93. The Hall–Kier alpha value is -2.64. The Morgan fingerprint density at radius 2 is 1.91 bits per heavy atom. The van der Waals surface area contributed by atoms with Crippen molar-refractivity contribution < 1.29 is 19.2 Å². The van der Waals surface area contributed by atoms with Gasteiger partial charge in [-0.3, -0.25) is 19.7 Å². The van der Waals surface area contributed by atoms with Crippen LogP contribution in [0.3, 0.4) is 0 Å². The van der Waals surface area contributed by atoms with E-state index in [1.54, 1.807) is 6.92 Å². The molecule has 8 heteroatoms. The molecule has 0 saturated heterocycles. The van der Waals surface area contributed by atoms with Crippen molar-refractivity contribution in [2.75, 3.05) is 19.7 Å². The standard InChI is InChI=1S/C15H21N3O5/c1-4-17(9-14(19)16-11(2)3)15(20)10-23-13-7-5-12(6-8-13)18(21)22/h5-8,11H,4,9-10H2,1-3H3,(H,16,19). The first-order valence-corrected chi connectivity index (χ1v) is 7.27. The lowest BCUT2D eigenvalue weighted by Crippen LogP contribution is -2.44. The molecule has 0 radical (unpaired) electrons. The smallest absolute Gasteiger partial charge is 0.269 e. The summed E-state index contributed by atoms with van der Waals surface area (Å²) in [7, 11) is 0. The van der Waals surface area contributed by atoms with Crippen molar-refractivity contribution >= 4 is 17.5 Å². The Morgan fingerprint density at radius 1 is 1.30 bits per heavy atom. The molecule has 1 aromatic carbocycles. The molecule has 0 aliphatic heterocycles. The zero-order valence-corrected chi connectivity index (χ0v) is 13.4. The van der Waals surface area contributed by atoms with Gasteiger partial charge in [0.2, 0.25) is 5.91 Å². The van der Waals surface area contributed by atoms with Gasteiger partial charge in [-0.25, -0.2) is 0 Å². The van der Waals surface area contributed by atoms with Gasteiger partial charge in [-0.05, 0) is 32.9 Å². The molecule has 8 nitrogen and oxygen atoms in total. The first-order valence-electron chi connectivity index (χ1n) is 7.27. The van der Waals surface area contributed by atoms with Crippen LogP contribution >= 0.6 is 0 Å². The molecular weight excluding hydrogens is 302 g/mol. The number of rotatable bonds is 8. The molecule has 1 aromatic rings. The van der Waals surface area contributed by atoms with E-state index in [4.69, 9.17) is 4.74 Å². The number of hydrogen-bond acceptors (Lipinski definition) is 5. The number of carbonyl (C=O) groups excluding carboxylic acids is 2. The summed E-state index contributed by atoms with van der Waals surface area (Å²) in [4.78, 5) is 35.2. The second kappa shape index (κ2) is 8.72. The van der Waals surface area contributed by atoms with Crippen LogP contribution in [0.2, 0.25) is 0 Å². The van der Waals surface area contributed by atoms with E-state index >= 15 is 0 Å². The molecule has 0 atom stereocenters. The fourth-order valence-corrected chi connectivity index (χ4v) is 1.82. The van der Waals surface area contributed by atoms with E-state index in [0.29, 0.717) is 12.3 Å². The molecular formula is C15H21N3O5. The zero-order chi connectivity index (χ0) is 17.4. The number of nitro benzene ring substituents is 1. The van der Waals surface area contributed by atoms with E-state index in [1.807, 2.05) is 13.8 Å². The van der Waals surface area contributed by atoms with Crippen molar-refractivity contribution in [1.82, 2.24) is 10.2 Å². The Morgan fingerprint density at radius 3 is 2.39 bits per heavy atom. The van der Waals surface area contributed by atoms with Crippen LogP contribution in [0.5, 0.6) is 5.75 Å². The SMILES string of the molecule is CCN(CC(=O)NC(C)C)C(=O)COc1ccc([N+](=O)[O-])cc1. The third-order valence-corrected chi connectivity index (χ3v) is 2.93. The topological polar surface area (TPSA) is 102 Å². The number of nitro groups is 1. The second-order valence-electron chi connectivity index (χ2n) is 5.17. The molecule has 1 N–H and O–H groups in total. The number of likely N-dealkylation sites (N-methyl/N-ethyl adjacent to an activating group) is 1. The Balaban J connectivity index is 2.52. The van der Waals surface area contributed by atoms with Gasteiger partial charge < -0.3 is 15.0 Å². The highest BCUT2D eigenvalue weighted by Crippen LogP contribution is 2.17. The largest absolute Gasteiger partial charge is 0.484 e. The molecule has 2 amide bonds. The normalized spacial score (nSPS) is 10.3. The minimum absolute atomic E-state index is 0.00710. The molecule has 0 heterocycles. The number of non-ortho nitro benzene ring substituents is 1. The molecule has 0 unspecified atom stereocenters. The maximum Gasteiger partial charge on any atom is 0.269 e. The van der Waals surface area contributed by atoms with E-state index in [1.165, 1.54) is 29.2 Å². The highest BCUT2D eigenvalue weighted by Gasteiger charge is 2.16. The number of benzene rings is 1. The van der Waals surface area contributed by atoms with Gasteiger partial charge >= 0.3 is 0 Å². The minimum Gasteiger partial charge on any atom is -0.484 e. The minimum atomic E-state index is -0.513. The summed E-state index contributed by atoms with van der Waals surface area (Å²) in [6, 6.07) is 5.45. The monoisotopic (exact) mass is 323 g/mol. The quantitative estimate of drug-likeness (QED) is 0.574. The highest BCUT2D eigenvalue weighted by atomic mass is 16.6. The van der Waals surface area contributed by atoms with Gasteiger partial charge in [0.1, 0.15) is 5.75 Å². The number of carbonyl (C=O) groups is 2. The van der Waals surface area contributed by atoms with E-state index in [0.717, 1.165) is 0 Å². The van der Waals surface area contributed by atoms with Crippen LogP contribution in [0, 0.1) is 10.1 Å². The van der Waals surface area contributed by atoms with E-state index in [9.17, 15) is 19.7 Å². The molecule has 1 rings (SSSR count). The second-order valence-corrected chi connectivity index (χ2v) is 5.17. The molecule has 0 fully saturated rings. The average molecular weight is 323 g/mol. The van der Waals surface area contributed by atoms with Crippen LogP contribution in [0.4, 0.5) is 5.69 Å². The average Bonchev–Trinajstić information content (AvgIpc) is 2.49. The van der Waals surface area contributed by atoms with Gasteiger partial charge in [0.25, 0.3) is 11.6 Å². The molecule has 0 aromatic heterocycles. The summed E-state index contributed by atoms with van der Waals surface area (Å²) in [5.74, 6) is -0.207. The molecule has 23 heavy (non-hydrogen) atoms. The maximum absolute atomic E-state index is 12.1. The summed E-state index contributed by atoms with van der Waals surface area (Å²) >= 11 is 0. The Kier molecular flexibility index (Phi) is 6.98. The summed E-state index contributed by atoms with van der Waals surface area (Å²) in [5.41, 5.74) is -0.0517. The van der Waals surface area contributed by atoms with Crippen LogP contribution in [0.1, 0.15) is 20.8 Å². The predicted molar refractivity (Wildman–Crippen MR) is 84.1 cm³/mol. The van der Waals surface area contributed by atoms with Gasteiger partial charge in [0, 0.05) is 24.7 Å². The maximum atomic E-state index is 12.1. The van der Waals surface area contributed by atoms with Gasteiger partial charge in [0.05, 0.1) is 11.5 Å². The molecule has 0 aliphatic carbocycles. The summed E-state index contributed by atoms with van der Waals surface area (Å²) in [6.07, 6.45) is 0. The summed E-state index contributed by atoms with van der Waals surface area (Å²) in [5, 5.41) is 13.3.